The van der Waals surface area contributed by atoms with E-state index in [0.717, 1.165) is 16.2 Å². The number of carbonyl (C=O) groups is 1. The van der Waals surface area contributed by atoms with Crippen molar-refractivity contribution in [3.63, 3.8) is 0 Å². The topological polar surface area (TPSA) is 26.3 Å². The smallest absolute Gasteiger partial charge is 0.191 e. The molecule has 0 saturated heterocycles. The van der Waals surface area contributed by atoms with Crippen molar-refractivity contribution in [1.29, 1.82) is 0 Å². The van der Waals surface area contributed by atoms with Crippen LogP contribution in [0.2, 0.25) is 0 Å². The van der Waals surface area contributed by atoms with Crippen LogP contribution in [0.5, 0.6) is 5.75 Å². The van der Waals surface area contributed by atoms with Crippen molar-refractivity contribution in [2.24, 2.45) is 0 Å². The van der Waals surface area contributed by atoms with E-state index in [1.54, 1.807) is 18.7 Å². The number of rotatable bonds is 3. The molecule has 1 heterocycles. The number of ketones is 1. The summed E-state index contributed by atoms with van der Waals surface area (Å²) < 4.78 is 6.13. The van der Waals surface area contributed by atoms with E-state index in [2.05, 4.69) is 0 Å². The molecule has 0 spiro atoms. The van der Waals surface area contributed by atoms with Crippen LogP contribution in [0.25, 0.3) is 0 Å². The molecule has 0 bridgehead atoms. The molecule has 3 rings (SSSR count). The fourth-order valence-electron chi connectivity index (χ4n) is 2.31. The molecular weight excluding hydrogens is 256 g/mol. The van der Waals surface area contributed by atoms with E-state index in [1.807, 2.05) is 54.6 Å². The van der Waals surface area contributed by atoms with Crippen LogP contribution in [-0.4, -0.2) is 5.78 Å². The largest absolute Gasteiger partial charge is 0.470 e. The van der Waals surface area contributed by atoms with Gasteiger partial charge < -0.3 is 4.74 Å². The lowest BCUT2D eigenvalue weighted by Crippen LogP contribution is -2.28. The molecule has 3 heteroatoms. The van der Waals surface area contributed by atoms with Crippen LogP contribution in [0, 0.1) is 0 Å². The highest BCUT2D eigenvalue weighted by molar-refractivity contribution is 8.00. The minimum absolute atomic E-state index is 0.129. The van der Waals surface area contributed by atoms with Crippen molar-refractivity contribution in [1.82, 2.24) is 0 Å². The number of hydrogen-bond acceptors (Lipinski definition) is 3. The van der Waals surface area contributed by atoms with Gasteiger partial charge in [-0.2, -0.15) is 0 Å². The third kappa shape index (κ3) is 2.26. The molecule has 96 valence electrons. The minimum atomic E-state index is -0.614. The quantitative estimate of drug-likeness (QED) is 0.843. The minimum Gasteiger partial charge on any atom is -0.470 e. The van der Waals surface area contributed by atoms with Crippen LogP contribution in [-0.2, 0) is 9.73 Å². The van der Waals surface area contributed by atoms with Gasteiger partial charge >= 0.3 is 0 Å². The zero-order chi connectivity index (χ0) is 13.3. The van der Waals surface area contributed by atoms with Crippen LogP contribution >= 0.6 is 11.8 Å². The van der Waals surface area contributed by atoms with Gasteiger partial charge in [0.2, 0.25) is 0 Å². The summed E-state index contributed by atoms with van der Waals surface area (Å²) in [4.78, 5) is 12.1. The highest BCUT2D eigenvalue weighted by atomic mass is 32.2. The molecule has 0 fully saturated rings. The third-order valence-corrected chi connectivity index (χ3v) is 4.44. The summed E-state index contributed by atoms with van der Waals surface area (Å²) in [5, 5.41) is 0. The second-order valence-electron chi connectivity index (χ2n) is 4.65. The van der Waals surface area contributed by atoms with Gasteiger partial charge in [0.25, 0.3) is 0 Å². The molecule has 2 aromatic rings. The number of thioether (sulfide) groups is 1. The van der Waals surface area contributed by atoms with Crippen LogP contribution < -0.4 is 4.74 Å². The lowest BCUT2D eigenvalue weighted by Gasteiger charge is -2.27. The van der Waals surface area contributed by atoms with Crippen LogP contribution in [0.4, 0.5) is 0 Å². The molecule has 0 amide bonds. The van der Waals surface area contributed by atoms with Crippen LogP contribution in [0.3, 0.4) is 0 Å². The van der Waals surface area contributed by atoms with Crippen molar-refractivity contribution < 1.29 is 9.53 Å². The van der Waals surface area contributed by atoms with Gasteiger partial charge in [0.1, 0.15) is 11.5 Å². The molecule has 1 aliphatic rings. The van der Waals surface area contributed by atoms with Gasteiger partial charge in [-0.15, -0.1) is 0 Å². The molecule has 19 heavy (non-hydrogen) atoms. The molecule has 1 atom stereocenters. The monoisotopic (exact) mass is 270 g/mol. The Morgan fingerprint density at radius 1 is 1.11 bits per heavy atom. The molecular formula is C16H14O2S. The number of para-hydroxylation sites is 1. The maximum atomic E-state index is 11.6. The van der Waals surface area contributed by atoms with Crippen molar-refractivity contribution in [3.05, 3.63) is 60.2 Å². The van der Waals surface area contributed by atoms with Gasteiger partial charge in [0, 0.05) is 5.56 Å². The second-order valence-corrected chi connectivity index (χ2v) is 5.95. The van der Waals surface area contributed by atoms with Crippen molar-refractivity contribution in [3.8, 4) is 5.75 Å². The summed E-state index contributed by atoms with van der Waals surface area (Å²) in [6.45, 7) is 1.61. The summed E-state index contributed by atoms with van der Waals surface area (Å²) in [5.41, 5.74) is 1.03. The summed E-state index contributed by atoms with van der Waals surface area (Å²) >= 11 is 1.62. The fourth-order valence-corrected chi connectivity index (χ4v) is 3.68. The molecule has 0 saturated carbocycles. The first-order valence-electron chi connectivity index (χ1n) is 6.22. The first kappa shape index (κ1) is 12.3. The van der Waals surface area contributed by atoms with Gasteiger partial charge in [0.15, 0.2) is 4.93 Å². The molecule has 2 nitrogen and oxygen atoms in total. The van der Waals surface area contributed by atoms with Gasteiger partial charge in [-0.3, -0.25) is 4.79 Å². The zero-order valence-electron chi connectivity index (χ0n) is 10.6. The second kappa shape index (κ2) is 4.74. The lowest BCUT2D eigenvalue weighted by molar-refractivity contribution is -0.119. The number of carbonyl (C=O) groups excluding carboxylic acids is 1. The van der Waals surface area contributed by atoms with E-state index in [4.69, 9.17) is 4.74 Å². The summed E-state index contributed by atoms with van der Waals surface area (Å²) in [6, 6.07) is 17.9. The van der Waals surface area contributed by atoms with Crippen molar-refractivity contribution >= 4 is 17.5 Å². The molecule has 1 aliphatic heterocycles. The van der Waals surface area contributed by atoms with Gasteiger partial charge in [-0.25, -0.2) is 0 Å². The van der Waals surface area contributed by atoms with E-state index >= 15 is 0 Å². The Labute approximate surface area is 116 Å². The van der Waals surface area contributed by atoms with E-state index < -0.39 is 4.93 Å². The summed E-state index contributed by atoms with van der Waals surface area (Å²) in [6.07, 6.45) is 0.371. The van der Waals surface area contributed by atoms with E-state index in [0.29, 0.717) is 6.42 Å². The number of hydrogen-bond donors (Lipinski definition) is 0. The predicted molar refractivity (Wildman–Crippen MR) is 76.3 cm³/mol. The number of Topliss-reactive ketones (excluding diaryl/α,β-unsaturated/α-hetero) is 1. The van der Waals surface area contributed by atoms with E-state index in [-0.39, 0.29) is 5.78 Å². The van der Waals surface area contributed by atoms with Crippen LogP contribution in [0.1, 0.15) is 18.9 Å². The highest BCUT2D eigenvalue weighted by Gasteiger charge is 2.42. The van der Waals surface area contributed by atoms with Crippen LogP contribution in [0.15, 0.2) is 59.5 Å². The Balaban J connectivity index is 2.04. The predicted octanol–water partition coefficient (Wildman–Crippen LogP) is 4.00. The lowest BCUT2D eigenvalue weighted by atomic mass is 10.0. The first-order valence-corrected chi connectivity index (χ1v) is 7.03. The Kier molecular flexibility index (Phi) is 3.07. The standard InChI is InChI=1S/C16H14O2S/c1-12(17)11-16(13-7-3-2-4-8-13)18-14-9-5-6-10-15(14)19-16/h2-10H,11H2,1H3. The molecule has 0 aromatic heterocycles. The van der Waals surface area contributed by atoms with Gasteiger partial charge in [-0.1, -0.05) is 54.2 Å². The third-order valence-electron chi connectivity index (χ3n) is 3.09. The first-order chi connectivity index (χ1) is 9.20. The van der Waals surface area contributed by atoms with Crippen molar-refractivity contribution in [2.45, 2.75) is 23.2 Å². The van der Waals surface area contributed by atoms with E-state index in [9.17, 15) is 4.79 Å². The Morgan fingerprint density at radius 3 is 2.47 bits per heavy atom. The van der Waals surface area contributed by atoms with Gasteiger partial charge in [0.05, 0.1) is 11.3 Å². The Hall–Kier alpha value is -1.74. The fraction of sp³-hybridized carbons (Fsp3) is 0.188. The van der Waals surface area contributed by atoms with E-state index in [1.165, 1.54) is 0 Å². The maximum Gasteiger partial charge on any atom is 0.191 e. The Morgan fingerprint density at radius 2 is 1.79 bits per heavy atom. The average molecular weight is 270 g/mol. The normalized spacial score (nSPS) is 20.7. The molecule has 0 radical (unpaired) electrons. The maximum absolute atomic E-state index is 11.6. The summed E-state index contributed by atoms with van der Waals surface area (Å²) in [5.74, 6) is 0.988. The highest BCUT2D eigenvalue weighted by Crippen LogP contribution is 2.54. The van der Waals surface area contributed by atoms with Crippen molar-refractivity contribution in [2.75, 3.05) is 0 Å². The molecule has 0 aliphatic carbocycles. The number of fused-ring (bicyclic) bond motifs is 1. The summed E-state index contributed by atoms with van der Waals surface area (Å²) in [7, 11) is 0. The molecule has 1 unspecified atom stereocenters. The number of ether oxygens (including phenoxy) is 1. The average Bonchev–Trinajstić information content (AvgIpc) is 2.78. The Bertz CT molecular complexity index is 582. The molecule has 2 aromatic carbocycles. The SMILES string of the molecule is CC(=O)CC1(c2ccccc2)Oc2ccccc2S1. The molecule has 0 N–H and O–H groups in total. The zero-order valence-corrected chi connectivity index (χ0v) is 11.4. The van der Waals surface area contributed by atoms with Gasteiger partial charge in [-0.05, 0) is 19.1 Å². The number of benzene rings is 2.